The lowest BCUT2D eigenvalue weighted by molar-refractivity contribution is -0.00443. The van der Waals surface area contributed by atoms with E-state index in [1.54, 1.807) is 7.11 Å². The second-order valence-corrected chi connectivity index (χ2v) is 12.7. The number of ether oxygens (including phenoxy) is 4. The van der Waals surface area contributed by atoms with Gasteiger partial charge in [0.05, 0.1) is 57.3 Å². The fourth-order valence-corrected chi connectivity index (χ4v) is 5.94. The predicted molar refractivity (Wildman–Crippen MR) is 171 cm³/mol. The highest BCUT2D eigenvalue weighted by Crippen LogP contribution is 2.24. The van der Waals surface area contributed by atoms with Crippen LogP contribution in [0.1, 0.15) is 59.5 Å². The maximum atomic E-state index is 13.0. The first kappa shape index (κ1) is 34.4. The van der Waals surface area contributed by atoms with Crippen molar-refractivity contribution >= 4 is 11.6 Å². The van der Waals surface area contributed by atoms with Crippen molar-refractivity contribution in [1.82, 2.24) is 14.7 Å². The molecule has 9 heteroatoms. The van der Waals surface area contributed by atoms with Crippen LogP contribution in [0.5, 0.6) is 0 Å². The van der Waals surface area contributed by atoms with Crippen molar-refractivity contribution in [2.45, 2.75) is 51.9 Å². The summed E-state index contributed by atoms with van der Waals surface area (Å²) < 4.78 is 21.2. The summed E-state index contributed by atoms with van der Waals surface area (Å²) in [7, 11) is 1.67. The molecule has 0 unspecified atom stereocenters. The first-order valence-electron chi connectivity index (χ1n) is 15.8. The van der Waals surface area contributed by atoms with Crippen molar-refractivity contribution in [2.24, 2.45) is 0 Å². The second-order valence-electron chi connectivity index (χ2n) is 12.7. The molecule has 2 aromatic carbocycles. The molecule has 0 atom stereocenters. The van der Waals surface area contributed by atoms with Crippen molar-refractivity contribution < 1.29 is 28.5 Å². The summed E-state index contributed by atoms with van der Waals surface area (Å²) in [5, 5.41) is 0. The number of nitrogens with zero attached hydrogens (tertiary/aromatic N) is 3. The SMILES string of the molecule is CC(C)(C(=O)c1ccc(CN2CCOCC2)cc1)N1CCOCC1.COCc1ccc(C(=O)C(C)(C)N2CCOCC2)cc1. The zero-order valence-corrected chi connectivity index (χ0v) is 27.3. The van der Waals surface area contributed by atoms with Gasteiger partial charge in [-0.15, -0.1) is 0 Å². The van der Waals surface area contributed by atoms with Crippen molar-refractivity contribution in [3.8, 4) is 0 Å². The normalized spacial score (nSPS) is 19.2. The lowest BCUT2D eigenvalue weighted by atomic mass is 9.90. The minimum Gasteiger partial charge on any atom is -0.380 e. The monoisotopic (exact) mass is 609 g/mol. The number of ketones is 2. The molecule has 44 heavy (non-hydrogen) atoms. The summed E-state index contributed by atoms with van der Waals surface area (Å²) in [6.07, 6.45) is 0. The largest absolute Gasteiger partial charge is 0.380 e. The third-order valence-corrected chi connectivity index (χ3v) is 8.97. The van der Waals surface area contributed by atoms with Gasteiger partial charge in [-0.3, -0.25) is 24.3 Å². The quantitative estimate of drug-likeness (QED) is 0.372. The van der Waals surface area contributed by atoms with Gasteiger partial charge < -0.3 is 18.9 Å². The third kappa shape index (κ3) is 9.03. The molecular weight excluding hydrogens is 558 g/mol. The van der Waals surface area contributed by atoms with Crippen LogP contribution in [0.4, 0.5) is 0 Å². The Bertz CT molecular complexity index is 1180. The number of morpholine rings is 3. The van der Waals surface area contributed by atoms with E-state index >= 15 is 0 Å². The number of rotatable bonds is 10. The minimum atomic E-state index is -0.493. The summed E-state index contributed by atoms with van der Waals surface area (Å²) in [6.45, 7) is 19.1. The van der Waals surface area contributed by atoms with Gasteiger partial charge in [0, 0.05) is 64.0 Å². The van der Waals surface area contributed by atoms with E-state index in [0.717, 1.165) is 75.7 Å². The third-order valence-electron chi connectivity index (χ3n) is 8.97. The molecule has 242 valence electrons. The van der Waals surface area contributed by atoms with Crippen LogP contribution >= 0.6 is 0 Å². The van der Waals surface area contributed by atoms with Gasteiger partial charge in [0.25, 0.3) is 0 Å². The number of carbonyl (C=O) groups is 2. The molecule has 9 nitrogen and oxygen atoms in total. The van der Waals surface area contributed by atoms with Gasteiger partial charge in [0.15, 0.2) is 11.6 Å². The maximum absolute atomic E-state index is 13.0. The van der Waals surface area contributed by atoms with Gasteiger partial charge >= 0.3 is 0 Å². The molecule has 0 saturated carbocycles. The average Bonchev–Trinajstić information content (AvgIpc) is 3.06. The number of benzene rings is 2. The molecule has 3 heterocycles. The molecule has 3 fully saturated rings. The lowest BCUT2D eigenvalue weighted by Crippen LogP contribution is -2.54. The van der Waals surface area contributed by atoms with Crippen molar-refractivity contribution in [1.29, 1.82) is 0 Å². The highest BCUT2D eigenvalue weighted by atomic mass is 16.5. The van der Waals surface area contributed by atoms with Gasteiger partial charge in [0.2, 0.25) is 0 Å². The van der Waals surface area contributed by atoms with E-state index in [2.05, 4.69) is 26.8 Å². The number of hydrogen-bond donors (Lipinski definition) is 0. The van der Waals surface area contributed by atoms with E-state index in [9.17, 15) is 9.59 Å². The molecular formula is C35H51N3O6. The standard InChI is InChI=1S/C19H28N2O3.C16H23NO3/c1-19(2,21-9-13-24-14-10-21)18(22)17-5-3-16(4-6-17)15-20-7-11-23-12-8-20;1-16(2,17-8-10-20-11-9-17)15(18)14-6-4-13(5-7-14)12-19-3/h3-6H,7-15H2,1-2H3;4-7H,8-12H2,1-3H3. The Hall–Kier alpha value is -2.50. The van der Waals surface area contributed by atoms with E-state index in [0.29, 0.717) is 33.0 Å². The summed E-state index contributed by atoms with van der Waals surface area (Å²) >= 11 is 0. The summed E-state index contributed by atoms with van der Waals surface area (Å²) in [4.78, 5) is 32.5. The second kappa shape index (κ2) is 16.2. The van der Waals surface area contributed by atoms with E-state index in [4.69, 9.17) is 18.9 Å². The Morgan fingerprint density at radius 3 is 1.36 bits per heavy atom. The molecule has 3 aliphatic heterocycles. The Balaban J connectivity index is 0.000000204. The molecule has 0 amide bonds. The van der Waals surface area contributed by atoms with Crippen molar-refractivity contribution in [3.05, 3.63) is 70.8 Å². The number of hydrogen-bond acceptors (Lipinski definition) is 9. The number of Topliss-reactive ketones (excluding diaryl/α,β-unsaturated/α-hetero) is 2. The average molecular weight is 610 g/mol. The Morgan fingerprint density at radius 1 is 0.614 bits per heavy atom. The molecule has 3 aliphatic rings. The summed E-state index contributed by atoms with van der Waals surface area (Å²) in [5.74, 6) is 0.339. The van der Waals surface area contributed by atoms with Crippen LogP contribution in [-0.4, -0.2) is 123 Å². The Labute approximate surface area is 263 Å². The van der Waals surface area contributed by atoms with Crippen LogP contribution in [0.25, 0.3) is 0 Å². The molecule has 0 N–H and O–H groups in total. The van der Waals surface area contributed by atoms with Crippen molar-refractivity contribution in [2.75, 3.05) is 86.0 Å². The molecule has 0 radical (unpaired) electrons. The maximum Gasteiger partial charge on any atom is 0.182 e. The first-order valence-corrected chi connectivity index (χ1v) is 15.8. The zero-order chi connectivity index (χ0) is 31.6. The minimum absolute atomic E-state index is 0.156. The highest BCUT2D eigenvalue weighted by Gasteiger charge is 2.37. The van der Waals surface area contributed by atoms with Gasteiger partial charge in [-0.1, -0.05) is 48.5 Å². The topological polar surface area (TPSA) is 80.8 Å². The van der Waals surface area contributed by atoms with Crippen LogP contribution in [0.2, 0.25) is 0 Å². The molecule has 2 aromatic rings. The molecule has 5 rings (SSSR count). The molecule has 0 aromatic heterocycles. The molecule has 3 saturated heterocycles. The fraction of sp³-hybridized carbons (Fsp3) is 0.600. The zero-order valence-electron chi connectivity index (χ0n) is 27.3. The molecule has 0 aliphatic carbocycles. The first-order chi connectivity index (χ1) is 21.1. The van der Waals surface area contributed by atoms with E-state index < -0.39 is 11.1 Å². The van der Waals surface area contributed by atoms with Crippen molar-refractivity contribution in [3.63, 3.8) is 0 Å². The smallest absolute Gasteiger partial charge is 0.182 e. The van der Waals surface area contributed by atoms with Crippen LogP contribution in [0, 0.1) is 0 Å². The predicted octanol–water partition coefficient (Wildman–Crippen LogP) is 3.94. The molecule has 0 bridgehead atoms. The Kier molecular flexibility index (Phi) is 12.6. The Morgan fingerprint density at radius 2 is 0.977 bits per heavy atom. The van der Waals surface area contributed by atoms with Crippen LogP contribution in [0.15, 0.2) is 48.5 Å². The lowest BCUT2D eigenvalue weighted by Gasteiger charge is -2.39. The van der Waals surface area contributed by atoms with E-state index in [1.165, 1.54) is 5.56 Å². The highest BCUT2D eigenvalue weighted by molar-refractivity contribution is 6.03. The van der Waals surface area contributed by atoms with E-state index in [-0.39, 0.29) is 11.6 Å². The number of carbonyl (C=O) groups excluding carboxylic acids is 2. The van der Waals surface area contributed by atoms with Gasteiger partial charge in [0.1, 0.15) is 0 Å². The van der Waals surface area contributed by atoms with Gasteiger partial charge in [-0.05, 0) is 38.8 Å². The number of methoxy groups -OCH3 is 1. The van der Waals surface area contributed by atoms with Crippen LogP contribution < -0.4 is 0 Å². The van der Waals surface area contributed by atoms with Crippen LogP contribution in [-0.2, 0) is 32.1 Å². The van der Waals surface area contributed by atoms with Gasteiger partial charge in [-0.2, -0.15) is 0 Å². The summed E-state index contributed by atoms with van der Waals surface area (Å²) in [6, 6.07) is 15.8. The van der Waals surface area contributed by atoms with Gasteiger partial charge in [-0.25, -0.2) is 0 Å². The van der Waals surface area contributed by atoms with Crippen LogP contribution in [0.3, 0.4) is 0 Å². The molecule has 0 spiro atoms. The summed E-state index contributed by atoms with van der Waals surface area (Å²) in [5.41, 5.74) is 2.88. The fourth-order valence-electron chi connectivity index (χ4n) is 5.94. The van der Waals surface area contributed by atoms with E-state index in [1.807, 2.05) is 64.1 Å².